The standard InChI is InChI=1S/C16H16BrNO4S/c17-13-8-10-15(11-9-13)23(20,21)18-16(19)7-4-12-22-14-5-2-1-3-6-14/h1-3,5-6,8-11H,4,7,12H2,(H,18,19). The van der Waals surface area contributed by atoms with E-state index in [0.29, 0.717) is 13.0 Å². The summed E-state index contributed by atoms with van der Waals surface area (Å²) in [6.07, 6.45) is 0.499. The SMILES string of the molecule is O=C(CCCOc1ccccc1)NS(=O)(=O)c1ccc(Br)cc1. The Kier molecular flexibility index (Phi) is 6.18. The second-order valence-electron chi connectivity index (χ2n) is 4.75. The highest BCUT2D eigenvalue weighted by atomic mass is 79.9. The van der Waals surface area contributed by atoms with Gasteiger partial charge in [-0.05, 0) is 42.8 Å². The van der Waals surface area contributed by atoms with Gasteiger partial charge >= 0.3 is 0 Å². The minimum atomic E-state index is -3.83. The quantitative estimate of drug-likeness (QED) is 0.728. The van der Waals surface area contributed by atoms with Gasteiger partial charge in [-0.3, -0.25) is 4.79 Å². The third-order valence-corrected chi connectivity index (χ3v) is 4.85. The van der Waals surface area contributed by atoms with E-state index in [9.17, 15) is 13.2 Å². The van der Waals surface area contributed by atoms with E-state index < -0.39 is 15.9 Å². The number of hydrogen-bond donors (Lipinski definition) is 1. The number of benzene rings is 2. The van der Waals surface area contributed by atoms with Crippen molar-refractivity contribution in [3.63, 3.8) is 0 Å². The first-order chi connectivity index (χ1) is 11.0. The third kappa shape index (κ3) is 5.69. The van der Waals surface area contributed by atoms with Gasteiger partial charge in [0.1, 0.15) is 5.75 Å². The van der Waals surface area contributed by atoms with Crippen molar-refractivity contribution in [3.8, 4) is 5.75 Å². The molecule has 0 saturated carbocycles. The number of sulfonamides is 1. The molecule has 0 heterocycles. The van der Waals surface area contributed by atoms with Crippen molar-refractivity contribution < 1.29 is 17.9 Å². The lowest BCUT2D eigenvalue weighted by Crippen LogP contribution is -2.30. The highest BCUT2D eigenvalue weighted by Gasteiger charge is 2.17. The topological polar surface area (TPSA) is 72.5 Å². The van der Waals surface area contributed by atoms with Crippen molar-refractivity contribution in [2.45, 2.75) is 17.7 Å². The van der Waals surface area contributed by atoms with Crippen LogP contribution < -0.4 is 9.46 Å². The second kappa shape index (κ2) is 8.12. The molecule has 7 heteroatoms. The molecule has 0 aliphatic rings. The van der Waals surface area contributed by atoms with E-state index >= 15 is 0 Å². The minimum absolute atomic E-state index is 0.0505. The molecular weight excluding hydrogens is 382 g/mol. The number of nitrogens with one attached hydrogen (secondary N) is 1. The van der Waals surface area contributed by atoms with Gasteiger partial charge in [-0.2, -0.15) is 0 Å². The molecule has 2 aromatic carbocycles. The van der Waals surface area contributed by atoms with E-state index in [1.54, 1.807) is 12.1 Å². The number of rotatable bonds is 7. The van der Waals surface area contributed by atoms with Crippen molar-refractivity contribution in [2.24, 2.45) is 0 Å². The van der Waals surface area contributed by atoms with Crippen LogP contribution >= 0.6 is 15.9 Å². The lowest BCUT2D eigenvalue weighted by atomic mass is 10.3. The molecular formula is C16H16BrNO4S. The van der Waals surface area contributed by atoms with Gasteiger partial charge < -0.3 is 4.74 Å². The van der Waals surface area contributed by atoms with Crippen LogP contribution in [0.15, 0.2) is 64.0 Å². The van der Waals surface area contributed by atoms with Crippen molar-refractivity contribution in [1.82, 2.24) is 4.72 Å². The predicted octanol–water partition coefficient (Wildman–Crippen LogP) is 3.11. The Balaban J connectivity index is 1.79. The maximum absolute atomic E-state index is 12.0. The van der Waals surface area contributed by atoms with Crippen molar-refractivity contribution in [3.05, 3.63) is 59.1 Å². The summed E-state index contributed by atoms with van der Waals surface area (Å²) in [4.78, 5) is 11.8. The Hall–Kier alpha value is -1.86. The van der Waals surface area contributed by atoms with Gasteiger partial charge in [0, 0.05) is 10.9 Å². The zero-order valence-corrected chi connectivity index (χ0v) is 14.6. The first-order valence-electron chi connectivity index (χ1n) is 6.96. The molecule has 2 aromatic rings. The number of halogens is 1. The summed E-state index contributed by atoms with van der Waals surface area (Å²) < 4.78 is 32.3. The van der Waals surface area contributed by atoms with Crippen LogP contribution in [-0.4, -0.2) is 20.9 Å². The van der Waals surface area contributed by atoms with Crippen LogP contribution in [0.3, 0.4) is 0 Å². The lowest BCUT2D eigenvalue weighted by molar-refractivity contribution is -0.119. The second-order valence-corrected chi connectivity index (χ2v) is 7.35. The van der Waals surface area contributed by atoms with Gasteiger partial charge in [0.15, 0.2) is 0 Å². The summed E-state index contributed by atoms with van der Waals surface area (Å²) in [6, 6.07) is 15.3. The summed E-state index contributed by atoms with van der Waals surface area (Å²) in [5.74, 6) is 0.167. The Morgan fingerprint density at radius 3 is 2.35 bits per heavy atom. The molecule has 2 rings (SSSR count). The van der Waals surface area contributed by atoms with Gasteiger partial charge in [0.2, 0.25) is 5.91 Å². The minimum Gasteiger partial charge on any atom is -0.494 e. The fourth-order valence-electron chi connectivity index (χ4n) is 1.81. The average Bonchev–Trinajstić information content (AvgIpc) is 2.52. The third-order valence-electron chi connectivity index (χ3n) is 2.93. The molecule has 1 amide bonds. The summed E-state index contributed by atoms with van der Waals surface area (Å²) >= 11 is 3.23. The Labute approximate surface area is 143 Å². The van der Waals surface area contributed by atoms with Crippen molar-refractivity contribution in [2.75, 3.05) is 6.61 Å². The van der Waals surface area contributed by atoms with Gasteiger partial charge in [-0.25, -0.2) is 13.1 Å². The molecule has 0 spiro atoms. The summed E-state index contributed by atoms with van der Waals surface area (Å²) in [7, 11) is -3.83. The molecule has 0 saturated heterocycles. The van der Waals surface area contributed by atoms with Crippen LogP contribution in [-0.2, 0) is 14.8 Å². The summed E-state index contributed by atoms with van der Waals surface area (Å²) in [5.41, 5.74) is 0. The van der Waals surface area contributed by atoms with Crippen LogP contribution in [0, 0.1) is 0 Å². The molecule has 5 nitrogen and oxygen atoms in total. The molecule has 0 aliphatic heterocycles. The van der Waals surface area contributed by atoms with E-state index in [-0.39, 0.29) is 11.3 Å². The van der Waals surface area contributed by atoms with E-state index in [4.69, 9.17) is 4.74 Å². The van der Waals surface area contributed by atoms with E-state index in [0.717, 1.165) is 10.2 Å². The fraction of sp³-hybridized carbons (Fsp3) is 0.188. The molecule has 0 aliphatic carbocycles. The lowest BCUT2D eigenvalue weighted by Gasteiger charge is -2.08. The average molecular weight is 398 g/mol. The van der Waals surface area contributed by atoms with Gasteiger partial charge in [-0.1, -0.05) is 34.1 Å². The monoisotopic (exact) mass is 397 g/mol. The van der Waals surface area contributed by atoms with E-state index in [2.05, 4.69) is 20.7 Å². The van der Waals surface area contributed by atoms with Crippen LogP contribution in [0.2, 0.25) is 0 Å². The molecule has 0 atom stereocenters. The summed E-state index contributed by atoms with van der Waals surface area (Å²) in [5, 5.41) is 0. The van der Waals surface area contributed by atoms with Gasteiger partial charge in [0.25, 0.3) is 10.0 Å². The molecule has 122 valence electrons. The molecule has 0 aromatic heterocycles. The Morgan fingerprint density at radius 1 is 1.04 bits per heavy atom. The zero-order chi connectivity index (χ0) is 16.7. The van der Waals surface area contributed by atoms with Crippen LogP contribution in [0.25, 0.3) is 0 Å². The van der Waals surface area contributed by atoms with Crippen LogP contribution in [0.4, 0.5) is 0 Å². The number of hydrogen-bond acceptors (Lipinski definition) is 4. The first-order valence-corrected chi connectivity index (χ1v) is 9.24. The number of para-hydroxylation sites is 1. The number of amides is 1. The smallest absolute Gasteiger partial charge is 0.264 e. The summed E-state index contributed by atoms with van der Waals surface area (Å²) in [6.45, 7) is 0.343. The van der Waals surface area contributed by atoms with E-state index in [1.165, 1.54) is 12.1 Å². The van der Waals surface area contributed by atoms with Crippen LogP contribution in [0.1, 0.15) is 12.8 Å². The fourth-order valence-corrected chi connectivity index (χ4v) is 3.09. The molecule has 23 heavy (non-hydrogen) atoms. The molecule has 0 unspecified atom stereocenters. The van der Waals surface area contributed by atoms with E-state index in [1.807, 2.05) is 30.3 Å². The highest BCUT2D eigenvalue weighted by molar-refractivity contribution is 9.10. The highest BCUT2D eigenvalue weighted by Crippen LogP contribution is 2.14. The number of carbonyl (C=O) groups excluding carboxylic acids is 1. The number of ether oxygens (including phenoxy) is 1. The maximum Gasteiger partial charge on any atom is 0.264 e. The molecule has 0 bridgehead atoms. The zero-order valence-electron chi connectivity index (χ0n) is 12.2. The predicted molar refractivity (Wildman–Crippen MR) is 90.6 cm³/mol. The Bertz CT molecular complexity index is 745. The maximum atomic E-state index is 12.0. The first kappa shape index (κ1) is 17.5. The van der Waals surface area contributed by atoms with Crippen LogP contribution in [0.5, 0.6) is 5.75 Å². The molecule has 0 fully saturated rings. The number of carbonyl (C=O) groups is 1. The normalized spacial score (nSPS) is 11.0. The Morgan fingerprint density at radius 2 is 1.70 bits per heavy atom. The largest absolute Gasteiger partial charge is 0.494 e. The van der Waals surface area contributed by atoms with Gasteiger partial charge in [-0.15, -0.1) is 0 Å². The van der Waals surface area contributed by atoms with Crippen molar-refractivity contribution in [1.29, 1.82) is 0 Å². The van der Waals surface area contributed by atoms with Gasteiger partial charge in [0.05, 0.1) is 11.5 Å². The molecule has 0 radical (unpaired) electrons. The molecule has 1 N–H and O–H groups in total. The van der Waals surface area contributed by atoms with Crippen molar-refractivity contribution >= 4 is 31.9 Å².